The van der Waals surface area contributed by atoms with Gasteiger partial charge in [0.1, 0.15) is 11.6 Å². The molecule has 0 spiro atoms. The lowest BCUT2D eigenvalue weighted by molar-refractivity contribution is -0.137. The molecule has 0 saturated carbocycles. The molecule has 0 aromatic heterocycles. The average molecular weight is 588 g/mol. The molecule has 0 unspecified atom stereocenters. The Kier molecular flexibility index (Phi) is 10.8. The molecule has 1 heterocycles. The van der Waals surface area contributed by atoms with Gasteiger partial charge in [0.05, 0.1) is 45.2 Å². The van der Waals surface area contributed by atoms with Crippen LogP contribution in [0.1, 0.15) is 67.1 Å². The number of unbranched alkanes of at least 4 members (excludes halogenated alkanes) is 1. The molecule has 0 fully saturated rings. The standard InChI is InChI=1S/C31H42FN3O7/c1-31(2,3)21-14-19(15-22(34(4)11-13-39-5)28(21)42-12-9-8-10-25(37)38)23(36)18-35-17-20-16-24(40-6)29(41-7)27(32)26(20)30(35)33/h14-16,33H,8-13,17-18H2,1-7H3,(H,37,38). The second-order valence-corrected chi connectivity index (χ2v) is 11.3. The zero-order valence-corrected chi connectivity index (χ0v) is 25.6. The van der Waals surface area contributed by atoms with E-state index in [1.165, 1.54) is 19.1 Å². The summed E-state index contributed by atoms with van der Waals surface area (Å²) in [5.41, 5.74) is 2.23. The monoisotopic (exact) mass is 587 g/mol. The van der Waals surface area contributed by atoms with E-state index in [2.05, 4.69) is 0 Å². The SMILES string of the molecule is COCCN(C)c1cc(C(=O)CN2Cc3cc(OC)c(OC)c(F)c3C2=N)cc(C(C)(C)C)c1OCCCCC(=O)O. The summed E-state index contributed by atoms with van der Waals surface area (Å²) in [4.78, 5) is 28.2. The maximum absolute atomic E-state index is 15.3. The molecule has 230 valence electrons. The van der Waals surface area contributed by atoms with Gasteiger partial charge in [-0.3, -0.25) is 15.0 Å². The van der Waals surface area contributed by atoms with Crippen LogP contribution in [0.4, 0.5) is 10.1 Å². The second-order valence-electron chi connectivity index (χ2n) is 11.3. The van der Waals surface area contributed by atoms with Gasteiger partial charge in [-0.05, 0) is 42.0 Å². The number of hydrogen-bond donors (Lipinski definition) is 2. The summed E-state index contributed by atoms with van der Waals surface area (Å²) in [6.07, 6.45) is 1.14. The minimum Gasteiger partial charge on any atom is -0.493 e. The van der Waals surface area contributed by atoms with Crippen molar-refractivity contribution in [1.82, 2.24) is 4.90 Å². The van der Waals surface area contributed by atoms with E-state index in [0.29, 0.717) is 55.2 Å². The number of carbonyl (C=O) groups is 2. The van der Waals surface area contributed by atoms with E-state index >= 15 is 4.39 Å². The van der Waals surface area contributed by atoms with Gasteiger partial charge in [-0.1, -0.05) is 20.8 Å². The molecule has 2 aromatic carbocycles. The molecule has 10 nitrogen and oxygen atoms in total. The summed E-state index contributed by atoms with van der Waals surface area (Å²) in [5, 5.41) is 17.6. The third-order valence-corrected chi connectivity index (χ3v) is 7.21. The molecule has 0 saturated heterocycles. The summed E-state index contributed by atoms with van der Waals surface area (Å²) in [5.74, 6) is -1.07. The van der Waals surface area contributed by atoms with Crippen molar-refractivity contribution < 1.29 is 38.0 Å². The number of fused-ring (bicyclic) bond motifs is 1. The number of nitrogens with zero attached hydrogens (tertiary/aromatic N) is 2. The van der Waals surface area contributed by atoms with Crippen LogP contribution in [0, 0.1) is 11.2 Å². The first-order valence-corrected chi connectivity index (χ1v) is 13.9. The fraction of sp³-hybridized carbons (Fsp3) is 0.516. The molecule has 0 atom stereocenters. The molecule has 0 bridgehead atoms. The maximum Gasteiger partial charge on any atom is 0.303 e. The molecule has 0 aliphatic carbocycles. The van der Waals surface area contributed by atoms with Gasteiger partial charge in [-0.2, -0.15) is 0 Å². The van der Waals surface area contributed by atoms with Crippen molar-refractivity contribution in [2.75, 3.05) is 59.6 Å². The molecule has 0 radical (unpaired) electrons. The van der Waals surface area contributed by atoms with Crippen LogP contribution >= 0.6 is 0 Å². The number of nitrogens with one attached hydrogen (secondary N) is 1. The number of amidine groups is 1. The van der Waals surface area contributed by atoms with Gasteiger partial charge in [-0.25, -0.2) is 4.39 Å². The van der Waals surface area contributed by atoms with E-state index < -0.39 is 17.2 Å². The Morgan fingerprint density at radius 1 is 1.07 bits per heavy atom. The Hall–Kier alpha value is -3.86. The zero-order chi connectivity index (χ0) is 31.2. The summed E-state index contributed by atoms with van der Waals surface area (Å²) in [7, 11) is 6.27. The van der Waals surface area contributed by atoms with Crippen molar-refractivity contribution in [2.45, 2.75) is 52.0 Å². The number of Topliss-reactive ketones (excluding diaryl/α,β-unsaturated/α-hetero) is 1. The van der Waals surface area contributed by atoms with Gasteiger partial charge in [-0.15, -0.1) is 0 Å². The van der Waals surface area contributed by atoms with Crippen molar-refractivity contribution in [3.8, 4) is 17.2 Å². The van der Waals surface area contributed by atoms with E-state index in [-0.39, 0.29) is 48.2 Å². The van der Waals surface area contributed by atoms with Crippen LogP contribution in [0.15, 0.2) is 18.2 Å². The van der Waals surface area contributed by atoms with Crippen molar-refractivity contribution in [3.05, 3.63) is 46.3 Å². The van der Waals surface area contributed by atoms with Crippen molar-refractivity contribution >= 4 is 23.3 Å². The number of halogens is 1. The zero-order valence-electron chi connectivity index (χ0n) is 25.6. The van der Waals surface area contributed by atoms with Gasteiger partial charge in [0.15, 0.2) is 23.1 Å². The number of rotatable bonds is 15. The molecule has 2 N–H and O–H groups in total. The highest BCUT2D eigenvalue weighted by Crippen LogP contribution is 2.41. The molecule has 0 amide bonds. The lowest BCUT2D eigenvalue weighted by Gasteiger charge is -2.30. The molecule has 3 rings (SSSR count). The van der Waals surface area contributed by atoms with Crippen molar-refractivity contribution in [3.63, 3.8) is 0 Å². The van der Waals surface area contributed by atoms with Crippen LogP contribution in [0.2, 0.25) is 0 Å². The van der Waals surface area contributed by atoms with Gasteiger partial charge >= 0.3 is 5.97 Å². The summed E-state index contributed by atoms with van der Waals surface area (Å²) in [6, 6.07) is 5.24. The van der Waals surface area contributed by atoms with E-state index in [1.54, 1.807) is 19.2 Å². The quantitative estimate of drug-likeness (QED) is 0.222. The number of carbonyl (C=O) groups excluding carboxylic acids is 1. The Labute approximate surface area is 246 Å². The molecule has 1 aliphatic heterocycles. The maximum atomic E-state index is 15.3. The number of ether oxygens (including phenoxy) is 4. The van der Waals surface area contributed by atoms with Crippen LogP contribution in [0.3, 0.4) is 0 Å². The fourth-order valence-corrected chi connectivity index (χ4v) is 4.89. The predicted molar refractivity (Wildman–Crippen MR) is 158 cm³/mol. The number of carboxylic acids is 1. The Balaban J connectivity index is 1.95. The van der Waals surface area contributed by atoms with E-state index in [4.69, 9.17) is 29.5 Å². The van der Waals surface area contributed by atoms with Crippen molar-refractivity contribution in [1.29, 1.82) is 5.41 Å². The minimum atomic E-state index is -0.844. The van der Waals surface area contributed by atoms with Crippen LogP contribution in [-0.4, -0.2) is 82.3 Å². The first-order valence-electron chi connectivity index (χ1n) is 13.9. The highest BCUT2D eigenvalue weighted by molar-refractivity contribution is 6.06. The number of methoxy groups -OCH3 is 3. The summed E-state index contributed by atoms with van der Waals surface area (Å²) in [6.45, 7) is 7.48. The minimum absolute atomic E-state index is 0.0718. The van der Waals surface area contributed by atoms with Crippen LogP contribution in [0.25, 0.3) is 0 Å². The third kappa shape index (κ3) is 7.31. The topological polar surface area (TPSA) is 122 Å². The summed E-state index contributed by atoms with van der Waals surface area (Å²) >= 11 is 0. The Bertz CT molecular complexity index is 1320. The number of hydrogen-bond acceptors (Lipinski definition) is 8. The summed E-state index contributed by atoms with van der Waals surface area (Å²) < 4.78 is 37.2. The van der Waals surface area contributed by atoms with E-state index in [9.17, 15) is 9.59 Å². The Morgan fingerprint density at radius 3 is 2.38 bits per heavy atom. The molecule has 1 aliphatic rings. The molecule has 42 heavy (non-hydrogen) atoms. The lowest BCUT2D eigenvalue weighted by Crippen LogP contribution is -2.31. The highest BCUT2D eigenvalue weighted by atomic mass is 19.1. The molecular formula is C31H42FN3O7. The molecule has 11 heteroatoms. The average Bonchev–Trinajstić information content (AvgIpc) is 3.24. The van der Waals surface area contributed by atoms with Crippen LogP contribution in [0.5, 0.6) is 17.2 Å². The largest absolute Gasteiger partial charge is 0.493 e. The molecule has 2 aromatic rings. The Morgan fingerprint density at radius 2 is 1.79 bits per heavy atom. The van der Waals surface area contributed by atoms with Gasteiger partial charge in [0.25, 0.3) is 0 Å². The van der Waals surface area contributed by atoms with E-state index in [1.807, 2.05) is 38.8 Å². The highest BCUT2D eigenvalue weighted by Gasteiger charge is 2.33. The van der Waals surface area contributed by atoms with Gasteiger partial charge in [0, 0.05) is 44.8 Å². The normalized spacial score (nSPS) is 12.8. The smallest absolute Gasteiger partial charge is 0.303 e. The number of ketones is 1. The predicted octanol–water partition coefficient (Wildman–Crippen LogP) is 4.88. The number of carboxylic acid groups (broad SMARTS) is 1. The first kappa shape index (κ1) is 32.7. The molecular weight excluding hydrogens is 545 g/mol. The van der Waals surface area contributed by atoms with Gasteiger partial charge in [0.2, 0.25) is 0 Å². The van der Waals surface area contributed by atoms with Crippen LogP contribution < -0.4 is 19.1 Å². The van der Waals surface area contributed by atoms with Crippen LogP contribution in [-0.2, 0) is 21.5 Å². The number of aliphatic carboxylic acids is 1. The first-order chi connectivity index (χ1) is 19.8. The number of benzene rings is 2. The second kappa shape index (κ2) is 13.9. The third-order valence-electron chi connectivity index (χ3n) is 7.21. The number of likely N-dealkylation sites (N-methyl/N-ethyl adjacent to an activating group) is 1. The lowest BCUT2D eigenvalue weighted by atomic mass is 9.84. The fourth-order valence-electron chi connectivity index (χ4n) is 4.89. The number of anilines is 1. The van der Waals surface area contributed by atoms with Crippen molar-refractivity contribution in [2.24, 2.45) is 0 Å². The van der Waals surface area contributed by atoms with Gasteiger partial charge < -0.3 is 33.9 Å². The van der Waals surface area contributed by atoms with E-state index in [0.717, 1.165) is 5.56 Å².